The summed E-state index contributed by atoms with van der Waals surface area (Å²) in [5.41, 5.74) is 0. The van der Waals surface area contributed by atoms with Crippen LogP contribution in [0.1, 0.15) is 28.1 Å². The number of furan rings is 1. The standard InChI is InChI=1S/C11H9BrO2S/c1-7(13)10-4-2-8(14-10)6-9-3-5-11(12)15-9/h2-5H,6H2,1H3. The Morgan fingerprint density at radius 3 is 2.73 bits per heavy atom. The van der Waals surface area contributed by atoms with Crippen LogP contribution in [0.4, 0.5) is 0 Å². The van der Waals surface area contributed by atoms with Gasteiger partial charge in [-0.25, -0.2) is 0 Å². The predicted molar refractivity (Wildman–Crippen MR) is 63.5 cm³/mol. The largest absolute Gasteiger partial charge is 0.458 e. The average Bonchev–Trinajstić information content (AvgIpc) is 2.76. The van der Waals surface area contributed by atoms with E-state index in [0.717, 1.165) is 16.0 Å². The molecule has 78 valence electrons. The average molecular weight is 285 g/mol. The molecule has 0 atom stereocenters. The third-order valence-corrected chi connectivity index (χ3v) is 3.61. The van der Waals surface area contributed by atoms with E-state index in [4.69, 9.17) is 4.42 Å². The number of hydrogen-bond acceptors (Lipinski definition) is 3. The van der Waals surface area contributed by atoms with Gasteiger partial charge in [0, 0.05) is 18.2 Å². The fourth-order valence-electron chi connectivity index (χ4n) is 1.28. The first-order chi connectivity index (χ1) is 7.15. The SMILES string of the molecule is CC(=O)c1ccc(Cc2ccc(Br)s2)o1. The van der Waals surface area contributed by atoms with Gasteiger partial charge in [0.2, 0.25) is 0 Å². The molecule has 2 aromatic heterocycles. The summed E-state index contributed by atoms with van der Waals surface area (Å²) in [5, 5.41) is 0. The minimum Gasteiger partial charge on any atom is -0.458 e. The molecule has 15 heavy (non-hydrogen) atoms. The topological polar surface area (TPSA) is 30.2 Å². The smallest absolute Gasteiger partial charge is 0.194 e. The zero-order valence-electron chi connectivity index (χ0n) is 8.12. The zero-order chi connectivity index (χ0) is 10.8. The van der Waals surface area contributed by atoms with Gasteiger partial charge in [0.05, 0.1) is 3.79 Å². The van der Waals surface area contributed by atoms with Crippen molar-refractivity contribution in [1.82, 2.24) is 0 Å². The first kappa shape index (κ1) is 10.6. The lowest BCUT2D eigenvalue weighted by Crippen LogP contribution is -1.87. The van der Waals surface area contributed by atoms with Crippen LogP contribution in [0.5, 0.6) is 0 Å². The third-order valence-electron chi connectivity index (χ3n) is 1.99. The summed E-state index contributed by atoms with van der Waals surface area (Å²) in [6.45, 7) is 1.50. The zero-order valence-corrected chi connectivity index (χ0v) is 10.5. The van der Waals surface area contributed by atoms with E-state index < -0.39 is 0 Å². The maximum Gasteiger partial charge on any atom is 0.194 e. The van der Waals surface area contributed by atoms with E-state index in [9.17, 15) is 4.79 Å². The maximum absolute atomic E-state index is 11.0. The van der Waals surface area contributed by atoms with Gasteiger partial charge in [-0.2, -0.15) is 0 Å². The van der Waals surface area contributed by atoms with Crippen molar-refractivity contribution in [2.75, 3.05) is 0 Å². The number of thiophene rings is 1. The molecule has 0 saturated carbocycles. The predicted octanol–water partition coefficient (Wildman–Crippen LogP) is 3.90. The second-order valence-corrected chi connectivity index (χ2v) is 5.75. The Morgan fingerprint density at radius 1 is 1.40 bits per heavy atom. The Morgan fingerprint density at radius 2 is 2.20 bits per heavy atom. The third kappa shape index (κ3) is 2.58. The van der Waals surface area contributed by atoms with E-state index in [1.54, 1.807) is 17.4 Å². The van der Waals surface area contributed by atoms with Gasteiger partial charge >= 0.3 is 0 Å². The highest BCUT2D eigenvalue weighted by atomic mass is 79.9. The highest BCUT2D eigenvalue weighted by molar-refractivity contribution is 9.11. The van der Waals surface area contributed by atoms with Crippen LogP contribution in [0, 0.1) is 0 Å². The van der Waals surface area contributed by atoms with Crippen LogP contribution in [0.15, 0.2) is 32.5 Å². The maximum atomic E-state index is 11.0. The lowest BCUT2D eigenvalue weighted by Gasteiger charge is -1.92. The summed E-state index contributed by atoms with van der Waals surface area (Å²) in [6, 6.07) is 7.63. The fraction of sp³-hybridized carbons (Fsp3) is 0.182. The normalized spacial score (nSPS) is 10.5. The van der Waals surface area contributed by atoms with Crippen molar-refractivity contribution in [2.45, 2.75) is 13.3 Å². The van der Waals surface area contributed by atoms with Crippen molar-refractivity contribution in [3.63, 3.8) is 0 Å². The molecule has 0 N–H and O–H groups in total. The summed E-state index contributed by atoms with van der Waals surface area (Å²) < 4.78 is 6.51. The molecule has 0 fully saturated rings. The first-order valence-corrected chi connectivity index (χ1v) is 6.10. The molecule has 0 aliphatic rings. The van der Waals surface area contributed by atoms with E-state index >= 15 is 0 Å². The van der Waals surface area contributed by atoms with E-state index in [1.165, 1.54) is 11.8 Å². The fourth-order valence-corrected chi connectivity index (χ4v) is 2.77. The summed E-state index contributed by atoms with van der Waals surface area (Å²) in [4.78, 5) is 12.2. The minimum atomic E-state index is -0.0337. The number of halogens is 1. The van der Waals surface area contributed by atoms with Crippen LogP contribution >= 0.6 is 27.3 Å². The Kier molecular flexibility index (Phi) is 3.07. The molecule has 2 heterocycles. The first-order valence-electron chi connectivity index (χ1n) is 4.49. The summed E-state index contributed by atoms with van der Waals surface area (Å²) in [5.74, 6) is 1.23. The van der Waals surface area contributed by atoms with E-state index in [0.29, 0.717) is 5.76 Å². The molecule has 0 aliphatic heterocycles. The molecule has 2 aromatic rings. The second-order valence-electron chi connectivity index (χ2n) is 3.20. The van der Waals surface area contributed by atoms with Gasteiger partial charge in [-0.1, -0.05) is 0 Å². The molecule has 0 unspecified atom stereocenters. The van der Waals surface area contributed by atoms with Crippen molar-refractivity contribution in [3.8, 4) is 0 Å². The summed E-state index contributed by atoms with van der Waals surface area (Å²) >= 11 is 5.08. The highest BCUT2D eigenvalue weighted by Gasteiger charge is 2.07. The molecule has 2 rings (SSSR count). The Labute approximate surface area is 100 Å². The monoisotopic (exact) mass is 284 g/mol. The Balaban J connectivity index is 2.14. The quantitative estimate of drug-likeness (QED) is 0.801. The van der Waals surface area contributed by atoms with Gasteiger partial charge in [-0.3, -0.25) is 4.79 Å². The van der Waals surface area contributed by atoms with Gasteiger partial charge in [-0.15, -0.1) is 11.3 Å². The number of carbonyl (C=O) groups excluding carboxylic acids is 1. The van der Waals surface area contributed by atoms with Crippen LogP contribution in [-0.4, -0.2) is 5.78 Å². The van der Waals surface area contributed by atoms with E-state index in [-0.39, 0.29) is 5.78 Å². The molecule has 0 aromatic carbocycles. The van der Waals surface area contributed by atoms with Gasteiger partial charge in [0.25, 0.3) is 0 Å². The van der Waals surface area contributed by atoms with Gasteiger partial charge in [-0.05, 0) is 40.2 Å². The van der Waals surface area contributed by atoms with Gasteiger partial charge in [0.1, 0.15) is 5.76 Å². The van der Waals surface area contributed by atoms with Crippen LogP contribution in [0.3, 0.4) is 0 Å². The number of ketones is 1. The molecule has 4 heteroatoms. The lowest BCUT2D eigenvalue weighted by atomic mass is 10.3. The van der Waals surface area contributed by atoms with Crippen molar-refractivity contribution in [2.24, 2.45) is 0 Å². The van der Waals surface area contributed by atoms with Crippen LogP contribution < -0.4 is 0 Å². The summed E-state index contributed by atoms with van der Waals surface area (Å²) in [7, 11) is 0. The van der Waals surface area contributed by atoms with Crippen LogP contribution in [0.25, 0.3) is 0 Å². The molecular weight excluding hydrogens is 276 g/mol. The highest BCUT2D eigenvalue weighted by Crippen LogP contribution is 2.24. The second kappa shape index (κ2) is 4.33. The number of rotatable bonds is 3. The molecule has 0 spiro atoms. The molecule has 0 aliphatic carbocycles. The Bertz CT molecular complexity index is 484. The summed E-state index contributed by atoms with van der Waals surface area (Å²) in [6.07, 6.45) is 0.740. The van der Waals surface area contributed by atoms with Crippen LogP contribution in [-0.2, 0) is 6.42 Å². The van der Waals surface area contributed by atoms with Crippen molar-refractivity contribution < 1.29 is 9.21 Å². The van der Waals surface area contributed by atoms with Gasteiger partial charge in [0.15, 0.2) is 11.5 Å². The molecule has 0 saturated heterocycles. The molecule has 0 radical (unpaired) electrons. The number of hydrogen-bond donors (Lipinski definition) is 0. The van der Waals surface area contributed by atoms with Crippen LogP contribution in [0.2, 0.25) is 0 Å². The van der Waals surface area contributed by atoms with Crippen molar-refractivity contribution in [3.05, 3.63) is 44.4 Å². The molecular formula is C11H9BrO2S. The van der Waals surface area contributed by atoms with Crippen molar-refractivity contribution >= 4 is 33.0 Å². The number of Topliss-reactive ketones (excluding diaryl/α,β-unsaturated/α-hetero) is 1. The molecule has 0 bridgehead atoms. The van der Waals surface area contributed by atoms with Gasteiger partial charge < -0.3 is 4.42 Å². The lowest BCUT2D eigenvalue weighted by molar-refractivity contribution is 0.0985. The van der Waals surface area contributed by atoms with E-state index in [2.05, 4.69) is 15.9 Å². The van der Waals surface area contributed by atoms with E-state index in [1.807, 2.05) is 18.2 Å². The molecule has 0 amide bonds. The minimum absolute atomic E-state index is 0.0337. The number of carbonyl (C=O) groups is 1. The van der Waals surface area contributed by atoms with Crippen molar-refractivity contribution in [1.29, 1.82) is 0 Å². The Hall–Kier alpha value is -0.870. The molecule has 2 nitrogen and oxygen atoms in total.